The molecule has 0 amide bonds. The molecule has 0 unspecified atom stereocenters. The Morgan fingerprint density at radius 3 is 1.90 bits per heavy atom. The molecule has 0 N–H and O–H groups in total. The number of hydrogen-bond donors (Lipinski definition) is 0. The van der Waals surface area contributed by atoms with E-state index in [0.717, 1.165) is 5.56 Å². The van der Waals surface area contributed by atoms with Gasteiger partial charge in [0.25, 0.3) is 0 Å². The molecule has 0 atom stereocenters. The van der Waals surface area contributed by atoms with Gasteiger partial charge in [-0.2, -0.15) is 0 Å². The topological polar surface area (TPSA) is 54.0 Å². The van der Waals surface area contributed by atoms with Crippen LogP contribution in [0.1, 0.15) is 32.8 Å². The number of rotatable bonds is 6. The summed E-state index contributed by atoms with van der Waals surface area (Å²) in [5.41, 5.74) is 0.460. The van der Waals surface area contributed by atoms with Crippen LogP contribution in [0, 0.1) is 0 Å². The smallest absolute Gasteiger partial charge is 0.306 e. The van der Waals surface area contributed by atoms with Crippen molar-refractivity contribution in [1.29, 1.82) is 0 Å². The number of ether oxygens (including phenoxy) is 4. The van der Waals surface area contributed by atoms with Crippen LogP contribution < -0.4 is 14.2 Å². The molecule has 1 rings (SSSR count). The van der Waals surface area contributed by atoms with Crippen molar-refractivity contribution in [3.63, 3.8) is 0 Å². The summed E-state index contributed by atoms with van der Waals surface area (Å²) >= 11 is 0. The number of benzene rings is 1. The minimum Gasteiger partial charge on any atom is -0.493 e. The van der Waals surface area contributed by atoms with Crippen molar-refractivity contribution >= 4 is 5.97 Å². The Bertz CT molecular complexity index is 463. The van der Waals surface area contributed by atoms with E-state index in [9.17, 15) is 4.79 Å². The van der Waals surface area contributed by atoms with E-state index < -0.39 is 5.60 Å². The maximum atomic E-state index is 11.8. The Morgan fingerprint density at radius 1 is 1.00 bits per heavy atom. The molecule has 0 heterocycles. The van der Waals surface area contributed by atoms with E-state index >= 15 is 0 Å². The quantitative estimate of drug-likeness (QED) is 0.755. The molecule has 0 fully saturated rings. The second-order valence-corrected chi connectivity index (χ2v) is 5.62. The second-order valence-electron chi connectivity index (χ2n) is 5.62. The van der Waals surface area contributed by atoms with Crippen molar-refractivity contribution < 1.29 is 23.7 Å². The Morgan fingerprint density at radius 2 is 1.52 bits per heavy atom. The van der Waals surface area contributed by atoms with Crippen molar-refractivity contribution in [2.45, 2.75) is 39.2 Å². The van der Waals surface area contributed by atoms with Crippen molar-refractivity contribution in [1.82, 2.24) is 0 Å². The molecule has 118 valence electrons. The summed E-state index contributed by atoms with van der Waals surface area (Å²) in [5, 5.41) is 0. The summed E-state index contributed by atoms with van der Waals surface area (Å²) in [6.45, 7) is 5.55. The van der Waals surface area contributed by atoms with E-state index in [-0.39, 0.29) is 5.97 Å². The highest BCUT2D eigenvalue weighted by Crippen LogP contribution is 2.38. The molecule has 0 aliphatic heterocycles. The van der Waals surface area contributed by atoms with Gasteiger partial charge in [0.2, 0.25) is 5.75 Å². The van der Waals surface area contributed by atoms with Gasteiger partial charge in [0.05, 0.1) is 21.3 Å². The fourth-order valence-electron chi connectivity index (χ4n) is 1.92. The van der Waals surface area contributed by atoms with Crippen LogP contribution in [0.4, 0.5) is 0 Å². The first kappa shape index (κ1) is 17.1. The third kappa shape index (κ3) is 5.17. The Kier molecular flexibility index (Phi) is 5.88. The highest BCUT2D eigenvalue weighted by molar-refractivity contribution is 5.70. The average molecular weight is 296 g/mol. The number of carbonyl (C=O) groups excluding carboxylic acids is 1. The van der Waals surface area contributed by atoms with E-state index in [1.54, 1.807) is 21.3 Å². The Labute approximate surface area is 126 Å². The average Bonchev–Trinajstić information content (AvgIpc) is 2.41. The van der Waals surface area contributed by atoms with Crippen LogP contribution in [0.5, 0.6) is 17.2 Å². The van der Waals surface area contributed by atoms with Crippen LogP contribution in [0.25, 0.3) is 0 Å². The van der Waals surface area contributed by atoms with Crippen molar-refractivity contribution in [3.05, 3.63) is 17.7 Å². The van der Waals surface area contributed by atoms with Crippen molar-refractivity contribution in [2.75, 3.05) is 21.3 Å². The summed E-state index contributed by atoms with van der Waals surface area (Å²) < 4.78 is 21.1. The highest BCUT2D eigenvalue weighted by Gasteiger charge is 2.17. The lowest BCUT2D eigenvalue weighted by molar-refractivity contribution is -0.154. The van der Waals surface area contributed by atoms with Gasteiger partial charge >= 0.3 is 5.97 Å². The summed E-state index contributed by atoms with van der Waals surface area (Å²) in [4.78, 5) is 11.8. The lowest BCUT2D eigenvalue weighted by Gasteiger charge is -2.19. The van der Waals surface area contributed by atoms with E-state index in [2.05, 4.69) is 0 Å². The standard InChI is InChI=1S/C16H24O5/c1-16(2,3)21-14(17)8-7-11-9-12(18-4)15(20-6)13(10-11)19-5/h9-10H,7-8H2,1-6H3. The minimum absolute atomic E-state index is 0.226. The van der Waals surface area contributed by atoms with Crippen LogP contribution in [-0.4, -0.2) is 32.9 Å². The molecule has 0 aliphatic rings. The molecule has 0 aromatic heterocycles. The van der Waals surface area contributed by atoms with E-state index in [0.29, 0.717) is 30.1 Å². The Balaban J connectivity index is 2.82. The zero-order valence-corrected chi connectivity index (χ0v) is 13.6. The lowest BCUT2D eigenvalue weighted by atomic mass is 10.1. The lowest BCUT2D eigenvalue weighted by Crippen LogP contribution is -2.24. The molecule has 1 aromatic rings. The highest BCUT2D eigenvalue weighted by atomic mass is 16.6. The number of methoxy groups -OCH3 is 3. The number of esters is 1. The van der Waals surface area contributed by atoms with Crippen molar-refractivity contribution in [2.24, 2.45) is 0 Å². The first-order valence-corrected chi connectivity index (χ1v) is 6.81. The fraction of sp³-hybridized carbons (Fsp3) is 0.562. The predicted octanol–water partition coefficient (Wildman–Crippen LogP) is 2.99. The molecule has 0 aliphatic carbocycles. The van der Waals surface area contributed by atoms with Gasteiger partial charge in [0, 0.05) is 6.42 Å². The summed E-state index contributed by atoms with van der Waals surface area (Å²) in [5.74, 6) is 1.48. The van der Waals surface area contributed by atoms with Crippen LogP contribution in [-0.2, 0) is 16.0 Å². The largest absolute Gasteiger partial charge is 0.493 e. The normalized spacial score (nSPS) is 11.0. The van der Waals surface area contributed by atoms with Crippen molar-refractivity contribution in [3.8, 4) is 17.2 Å². The summed E-state index contributed by atoms with van der Waals surface area (Å²) in [6, 6.07) is 3.68. The monoisotopic (exact) mass is 296 g/mol. The number of hydrogen-bond acceptors (Lipinski definition) is 5. The first-order chi connectivity index (χ1) is 9.80. The van der Waals surface area contributed by atoms with Crippen LogP contribution in [0.3, 0.4) is 0 Å². The van der Waals surface area contributed by atoms with Gasteiger partial charge in [0.15, 0.2) is 11.5 Å². The minimum atomic E-state index is -0.466. The van der Waals surface area contributed by atoms with Crippen LogP contribution in [0.15, 0.2) is 12.1 Å². The van der Waals surface area contributed by atoms with E-state index in [4.69, 9.17) is 18.9 Å². The van der Waals surface area contributed by atoms with Gasteiger partial charge in [-0.05, 0) is 44.9 Å². The molecule has 5 heteroatoms. The number of carbonyl (C=O) groups is 1. The van der Waals surface area contributed by atoms with Gasteiger partial charge in [0.1, 0.15) is 5.60 Å². The van der Waals surface area contributed by atoms with Gasteiger partial charge in [-0.25, -0.2) is 0 Å². The van der Waals surface area contributed by atoms with E-state index in [1.807, 2.05) is 32.9 Å². The van der Waals surface area contributed by atoms with Crippen LogP contribution >= 0.6 is 0 Å². The van der Waals surface area contributed by atoms with E-state index in [1.165, 1.54) is 0 Å². The SMILES string of the molecule is COc1cc(CCC(=O)OC(C)(C)C)cc(OC)c1OC. The predicted molar refractivity (Wildman–Crippen MR) is 80.3 cm³/mol. The molecule has 0 saturated heterocycles. The third-order valence-electron chi connectivity index (χ3n) is 2.76. The third-order valence-corrected chi connectivity index (χ3v) is 2.76. The fourth-order valence-corrected chi connectivity index (χ4v) is 1.92. The second kappa shape index (κ2) is 7.20. The molecular weight excluding hydrogens is 272 g/mol. The molecule has 0 radical (unpaired) electrons. The van der Waals surface area contributed by atoms with Crippen LogP contribution in [0.2, 0.25) is 0 Å². The Hall–Kier alpha value is -1.91. The number of aryl methyl sites for hydroxylation is 1. The van der Waals surface area contributed by atoms with Gasteiger partial charge in [-0.15, -0.1) is 0 Å². The van der Waals surface area contributed by atoms with Gasteiger partial charge < -0.3 is 18.9 Å². The summed E-state index contributed by atoms with van der Waals surface area (Å²) in [6.07, 6.45) is 0.849. The van der Waals surface area contributed by atoms with Gasteiger partial charge in [-0.3, -0.25) is 4.79 Å². The molecule has 21 heavy (non-hydrogen) atoms. The molecule has 0 bridgehead atoms. The molecular formula is C16H24O5. The maximum absolute atomic E-state index is 11.8. The molecule has 0 spiro atoms. The zero-order chi connectivity index (χ0) is 16.0. The maximum Gasteiger partial charge on any atom is 0.306 e. The summed E-state index contributed by atoms with van der Waals surface area (Å²) in [7, 11) is 4.69. The van der Waals surface area contributed by atoms with Gasteiger partial charge in [-0.1, -0.05) is 0 Å². The molecule has 5 nitrogen and oxygen atoms in total. The first-order valence-electron chi connectivity index (χ1n) is 6.81. The molecule has 1 aromatic carbocycles. The molecule has 0 saturated carbocycles. The zero-order valence-electron chi connectivity index (χ0n) is 13.6.